The second-order valence-electron chi connectivity index (χ2n) is 3.26. The van der Waals surface area contributed by atoms with Crippen molar-refractivity contribution in [3.63, 3.8) is 0 Å². The van der Waals surface area contributed by atoms with Gasteiger partial charge in [-0.1, -0.05) is 13.8 Å². The Balaban J connectivity index is 2.11. The summed E-state index contributed by atoms with van der Waals surface area (Å²) in [6.07, 6.45) is 4.40. The van der Waals surface area contributed by atoms with Crippen LogP contribution >= 0.6 is 0 Å². The normalized spacial score (nSPS) is 27.7. The van der Waals surface area contributed by atoms with Gasteiger partial charge in [0, 0.05) is 6.61 Å². The van der Waals surface area contributed by atoms with Gasteiger partial charge in [-0.05, 0) is 25.2 Å². The predicted octanol–water partition coefficient (Wildman–Crippen LogP) is 2.21. The first-order valence-electron chi connectivity index (χ1n) is 3.90. The molecule has 0 bridgehead atoms. The Morgan fingerprint density at radius 1 is 1.56 bits per heavy atom. The fourth-order valence-corrected chi connectivity index (χ4v) is 1.36. The molecule has 1 rings (SSSR count). The molecule has 1 saturated heterocycles. The van der Waals surface area contributed by atoms with Gasteiger partial charge in [-0.15, -0.1) is 0 Å². The van der Waals surface area contributed by atoms with Gasteiger partial charge in [-0.2, -0.15) is 0 Å². The molecule has 0 N–H and O–H groups in total. The fourth-order valence-electron chi connectivity index (χ4n) is 1.36. The van der Waals surface area contributed by atoms with E-state index < -0.39 is 0 Å². The summed E-state index contributed by atoms with van der Waals surface area (Å²) in [4.78, 5) is 0. The van der Waals surface area contributed by atoms with Crippen LogP contribution in [-0.4, -0.2) is 12.7 Å². The minimum atomic E-state index is 0.588. The maximum absolute atomic E-state index is 5.46. The maximum atomic E-state index is 5.46. The van der Waals surface area contributed by atoms with Crippen molar-refractivity contribution in [2.45, 2.75) is 39.2 Å². The van der Waals surface area contributed by atoms with Crippen molar-refractivity contribution >= 4 is 0 Å². The largest absolute Gasteiger partial charge is 0.378 e. The lowest BCUT2D eigenvalue weighted by Crippen LogP contribution is -2.07. The Kier molecular flexibility index (Phi) is 2.52. The summed E-state index contributed by atoms with van der Waals surface area (Å²) < 4.78 is 5.46. The molecule has 1 fully saturated rings. The van der Waals surface area contributed by atoms with E-state index in [4.69, 9.17) is 4.74 Å². The van der Waals surface area contributed by atoms with Crippen LogP contribution in [0.5, 0.6) is 0 Å². The molecular weight excluding hydrogens is 112 g/mol. The third kappa shape index (κ3) is 2.35. The second kappa shape index (κ2) is 3.21. The smallest absolute Gasteiger partial charge is 0.0578 e. The third-order valence-electron chi connectivity index (χ3n) is 1.76. The van der Waals surface area contributed by atoms with E-state index in [1.54, 1.807) is 0 Å². The molecule has 1 aliphatic heterocycles. The number of hydrogen-bond acceptors (Lipinski definition) is 1. The number of rotatable bonds is 2. The maximum Gasteiger partial charge on any atom is 0.0578 e. The van der Waals surface area contributed by atoms with Crippen molar-refractivity contribution in [3.05, 3.63) is 0 Å². The van der Waals surface area contributed by atoms with Crippen LogP contribution in [0.25, 0.3) is 0 Å². The molecule has 0 spiro atoms. The summed E-state index contributed by atoms with van der Waals surface area (Å²) in [6, 6.07) is 0. The molecule has 9 heavy (non-hydrogen) atoms. The van der Waals surface area contributed by atoms with Gasteiger partial charge < -0.3 is 4.74 Å². The monoisotopic (exact) mass is 128 g/mol. The highest BCUT2D eigenvalue weighted by Crippen LogP contribution is 2.18. The Morgan fingerprint density at radius 3 is 2.78 bits per heavy atom. The van der Waals surface area contributed by atoms with Crippen LogP contribution in [0.2, 0.25) is 0 Å². The average molecular weight is 128 g/mol. The lowest BCUT2D eigenvalue weighted by molar-refractivity contribution is 0.0939. The van der Waals surface area contributed by atoms with E-state index in [-0.39, 0.29) is 0 Å². The van der Waals surface area contributed by atoms with Gasteiger partial charge in [-0.25, -0.2) is 0 Å². The highest BCUT2D eigenvalue weighted by molar-refractivity contribution is 4.65. The van der Waals surface area contributed by atoms with Crippen LogP contribution in [0.3, 0.4) is 0 Å². The first-order chi connectivity index (χ1) is 4.29. The van der Waals surface area contributed by atoms with Gasteiger partial charge in [0.05, 0.1) is 6.10 Å². The molecule has 0 amide bonds. The van der Waals surface area contributed by atoms with Crippen molar-refractivity contribution in [2.75, 3.05) is 6.61 Å². The lowest BCUT2D eigenvalue weighted by Gasteiger charge is -2.10. The molecule has 0 saturated carbocycles. The molecule has 1 atom stereocenters. The zero-order chi connectivity index (χ0) is 6.69. The molecule has 0 aromatic heterocycles. The van der Waals surface area contributed by atoms with E-state index >= 15 is 0 Å². The summed E-state index contributed by atoms with van der Waals surface area (Å²) in [7, 11) is 0. The topological polar surface area (TPSA) is 9.23 Å². The van der Waals surface area contributed by atoms with Crippen LogP contribution in [0.15, 0.2) is 0 Å². The molecule has 54 valence electrons. The van der Waals surface area contributed by atoms with Crippen LogP contribution in [0, 0.1) is 5.92 Å². The van der Waals surface area contributed by atoms with Gasteiger partial charge in [0.25, 0.3) is 0 Å². The van der Waals surface area contributed by atoms with E-state index in [2.05, 4.69) is 13.8 Å². The average Bonchev–Trinajstić information content (AvgIpc) is 2.15. The zero-order valence-corrected chi connectivity index (χ0v) is 6.39. The molecule has 1 aliphatic rings. The van der Waals surface area contributed by atoms with E-state index in [1.165, 1.54) is 19.3 Å². The van der Waals surface area contributed by atoms with Crippen LogP contribution < -0.4 is 0 Å². The molecule has 0 aromatic carbocycles. The van der Waals surface area contributed by atoms with Gasteiger partial charge in [0.15, 0.2) is 0 Å². The Morgan fingerprint density at radius 2 is 2.33 bits per heavy atom. The molecule has 1 heteroatoms. The Labute approximate surface area is 57.4 Å². The first kappa shape index (κ1) is 7.07. The van der Waals surface area contributed by atoms with Crippen LogP contribution in [0.4, 0.5) is 0 Å². The summed E-state index contributed by atoms with van der Waals surface area (Å²) in [5.74, 6) is 0.799. The van der Waals surface area contributed by atoms with Crippen LogP contribution in [0.1, 0.15) is 33.1 Å². The summed E-state index contributed by atoms with van der Waals surface area (Å²) in [6.45, 7) is 5.50. The van der Waals surface area contributed by atoms with Crippen molar-refractivity contribution in [1.29, 1.82) is 0 Å². The van der Waals surface area contributed by atoms with Gasteiger partial charge in [-0.3, -0.25) is 0 Å². The molecule has 0 aliphatic carbocycles. The minimum absolute atomic E-state index is 0.588. The standard InChI is InChI=1S/C8H16O/c1-7(2)6-8-4-3-5-9-8/h7-8H,3-6H2,1-2H3/t8-/m0/s1. The zero-order valence-electron chi connectivity index (χ0n) is 6.39. The molecule has 0 unspecified atom stereocenters. The molecule has 1 heterocycles. The number of ether oxygens (including phenoxy) is 1. The molecular formula is C8H16O. The highest BCUT2D eigenvalue weighted by atomic mass is 16.5. The second-order valence-corrected chi connectivity index (χ2v) is 3.26. The van der Waals surface area contributed by atoms with E-state index in [0.29, 0.717) is 6.10 Å². The molecule has 0 radical (unpaired) electrons. The third-order valence-corrected chi connectivity index (χ3v) is 1.76. The summed E-state index contributed by atoms with van der Waals surface area (Å²) in [5.41, 5.74) is 0. The SMILES string of the molecule is CC(C)C[C@@H]1CCCO1. The predicted molar refractivity (Wildman–Crippen MR) is 38.4 cm³/mol. The van der Waals surface area contributed by atoms with Gasteiger partial charge in [0.2, 0.25) is 0 Å². The van der Waals surface area contributed by atoms with E-state index in [0.717, 1.165) is 12.5 Å². The first-order valence-corrected chi connectivity index (χ1v) is 3.90. The van der Waals surface area contributed by atoms with E-state index in [1.807, 2.05) is 0 Å². The minimum Gasteiger partial charge on any atom is -0.378 e. The summed E-state index contributed by atoms with van der Waals surface area (Å²) >= 11 is 0. The van der Waals surface area contributed by atoms with Crippen molar-refractivity contribution in [2.24, 2.45) is 5.92 Å². The quantitative estimate of drug-likeness (QED) is 0.554. The van der Waals surface area contributed by atoms with Gasteiger partial charge >= 0.3 is 0 Å². The Bertz CT molecular complexity index is 72.6. The number of hydrogen-bond donors (Lipinski definition) is 0. The molecule has 0 aromatic rings. The summed E-state index contributed by atoms with van der Waals surface area (Å²) in [5, 5.41) is 0. The van der Waals surface area contributed by atoms with Crippen LogP contribution in [-0.2, 0) is 4.74 Å². The van der Waals surface area contributed by atoms with Gasteiger partial charge in [0.1, 0.15) is 0 Å². The Hall–Kier alpha value is -0.0400. The van der Waals surface area contributed by atoms with Crippen molar-refractivity contribution in [1.82, 2.24) is 0 Å². The van der Waals surface area contributed by atoms with Crippen molar-refractivity contribution in [3.8, 4) is 0 Å². The molecule has 1 nitrogen and oxygen atoms in total. The van der Waals surface area contributed by atoms with Crippen molar-refractivity contribution < 1.29 is 4.74 Å². The van der Waals surface area contributed by atoms with E-state index in [9.17, 15) is 0 Å². The highest BCUT2D eigenvalue weighted by Gasteiger charge is 2.15. The lowest BCUT2D eigenvalue weighted by atomic mass is 10.0. The fraction of sp³-hybridized carbons (Fsp3) is 1.00.